The molecule has 0 saturated carbocycles. The third kappa shape index (κ3) is 5.19. The van der Waals surface area contributed by atoms with E-state index in [0.29, 0.717) is 6.07 Å². The molecule has 0 bridgehead atoms. The minimum absolute atomic E-state index is 0.0319. The van der Waals surface area contributed by atoms with Crippen LogP contribution in [0, 0.1) is 11.6 Å². The van der Waals surface area contributed by atoms with E-state index in [1.165, 1.54) is 0 Å². The molecule has 0 heterocycles. The van der Waals surface area contributed by atoms with Crippen molar-refractivity contribution in [3.8, 4) is 0 Å². The molecule has 1 rings (SSSR count). The molecule has 1 amide bonds. The molecule has 1 aromatic rings. The van der Waals surface area contributed by atoms with Crippen molar-refractivity contribution in [2.24, 2.45) is 5.14 Å². The van der Waals surface area contributed by atoms with Crippen LogP contribution in [0.2, 0.25) is 0 Å². The third-order valence-corrected chi connectivity index (χ3v) is 2.85. The summed E-state index contributed by atoms with van der Waals surface area (Å²) in [4.78, 5) is 11.3. The van der Waals surface area contributed by atoms with Gasteiger partial charge in [0.05, 0.1) is 12.2 Å². The maximum atomic E-state index is 13.2. The zero-order valence-corrected chi connectivity index (χ0v) is 10.1. The predicted octanol–water partition coefficient (Wildman–Crippen LogP) is -0.0880. The van der Waals surface area contributed by atoms with Crippen LogP contribution in [0.15, 0.2) is 18.2 Å². The van der Waals surface area contributed by atoms with Crippen LogP contribution < -0.4 is 10.5 Å². The van der Waals surface area contributed by atoms with Gasteiger partial charge in [0.15, 0.2) is 0 Å². The Balaban J connectivity index is 2.50. The van der Waals surface area contributed by atoms with Gasteiger partial charge in [0, 0.05) is 12.6 Å². The zero-order valence-electron chi connectivity index (χ0n) is 9.32. The molecule has 5 nitrogen and oxygen atoms in total. The first-order valence-corrected chi connectivity index (χ1v) is 6.70. The van der Waals surface area contributed by atoms with Crippen molar-refractivity contribution in [1.29, 1.82) is 0 Å². The summed E-state index contributed by atoms with van der Waals surface area (Å²) in [6, 6.07) is 2.87. The number of hydrogen-bond acceptors (Lipinski definition) is 3. The largest absolute Gasteiger partial charge is 0.355 e. The highest BCUT2D eigenvalue weighted by atomic mass is 32.2. The molecule has 0 fully saturated rings. The van der Waals surface area contributed by atoms with Crippen LogP contribution in [0.1, 0.15) is 5.56 Å². The number of hydrogen-bond donors (Lipinski definition) is 2. The van der Waals surface area contributed by atoms with Crippen molar-refractivity contribution in [2.45, 2.75) is 6.42 Å². The smallest absolute Gasteiger partial charge is 0.224 e. The Morgan fingerprint density at radius 1 is 1.33 bits per heavy atom. The van der Waals surface area contributed by atoms with Crippen molar-refractivity contribution in [3.63, 3.8) is 0 Å². The highest BCUT2D eigenvalue weighted by Crippen LogP contribution is 2.09. The van der Waals surface area contributed by atoms with Crippen LogP contribution in [0.5, 0.6) is 0 Å². The molecule has 0 aliphatic carbocycles. The van der Waals surface area contributed by atoms with E-state index in [2.05, 4.69) is 5.32 Å². The molecule has 0 atom stereocenters. The van der Waals surface area contributed by atoms with Crippen LogP contribution in [0.25, 0.3) is 0 Å². The summed E-state index contributed by atoms with van der Waals surface area (Å²) in [5, 5.41) is 7.01. The van der Waals surface area contributed by atoms with E-state index in [4.69, 9.17) is 5.14 Å². The number of carbonyl (C=O) groups is 1. The second-order valence-corrected chi connectivity index (χ2v) is 5.36. The highest BCUT2D eigenvalue weighted by molar-refractivity contribution is 7.89. The minimum atomic E-state index is -3.64. The van der Waals surface area contributed by atoms with Crippen LogP contribution >= 0.6 is 0 Å². The fourth-order valence-corrected chi connectivity index (χ4v) is 1.62. The molecular weight excluding hydrogens is 266 g/mol. The van der Waals surface area contributed by atoms with Gasteiger partial charge in [0.2, 0.25) is 15.9 Å². The van der Waals surface area contributed by atoms with Crippen molar-refractivity contribution in [1.82, 2.24) is 5.32 Å². The first-order valence-electron chi connectivity index (χ1n) is 4.99. The van der Waals surface area contributed by atoms with E-state index in [1.807, 2.05) is 0 Å². The van der Waals surface area contributed by atoms with Gasteiger partial charge in [0.25, 0.3) is 0 Å². The molecule has 0 aliphatic rings. The normalized spacial score (nSPS) is 11.3. The Morgan fingerprint density at radius 3 is 2.56 bits per heavy atom. The lowest BCUT2D eigenvalue weighted by Gasteiger charge is -2.05. The maximum absolute atomic E-state index is 13.2. The number of benzene rings is 1. The number of carbonyl (C=O) groups excluding carboxylic acids is 1. The number of primary sulfonamides is 1. The van der Waals surface area contributed by atoms with Crippen molar-refractivity contribution < 1.29 is 22.0 Å². The molecule has 3 N–H and O–H groups in total. The van der Waals surface area contributed by atoms with E-state index in [-0.39, 0.29) is 18.5 Å². The molecule has 1 aromatic carbocycles. The Hall–Kier alpha value is -1.54. The van der Waals surface area contributed by atoms with Crippen LogP contribution in [0.3, 0.4) is 0 Å². The first-order chi connectivity index (χ1) is 8.28. The van der Waals surface area contributed by atoms with E-state index < -0.39 is 33.3 Å². The fourth-order valence-electron chi connectivity index (χ4n) is 1.23. The standard InChI is InChI=1S/C10H12F2N2O3S/c11-8-2-1-7(9(12)6-8)5-10(15)14-3-4-18(13,16)17/h1-2,6H,3-5H2,(H,14,15)(H2,13,16,17). The summed E-state index contributed by atoms with van der Waals surface area (Å²) in [6.07, 6.45) is -0.295. The van der Waals surface area contributed by atoms with E-state index in [9.17, 15) is 22.0 Å². The van der Waals surface area contributed by atoms with E-state index in [0.717, 1.165) is 12.1 Å². The van der Waals surface area contributed by atoms with Crippen LogP contribution in [-0.2, 0) is 21.2 Å². The van der Waals surface area contributed by atoms with E-state index >= 15 is 0 Å². The van der Waals surface area contributed by atoms with Gasteiger partial charge in [-0.2, -0.15) is 0 Å². The number of halogens is 2. The molecule has 0 radical (unpaired) electrons. The summed E-state index contributed by atoms with van der Waals surface area (Å²) in [5.74, 6) is -2.52. The topological polar surface area (TPSA) is 89.3 Å². The summed E-state index contributed by atoms with van der Waals surface area (Å²) in [5.41, 5.74) is 0.0319. The molecule has 18 heavy (non-hydrogen) atoms. The van der Waals surface area contributed by atoms with Crippen LogP contribution in [-0.4, -0.2) is 26.6 Å². The SMILES string of the molecule is NS(=O)(=O)CCNC(=O)Cc1ccc(F)cc1F. The zero-order chi connectivity index (χ0) is 13.8. The number of sulfonamides is 1. The molecule has 0 aromatic heterocycles. The number of nitrogens with two attached hydrogens (primary N) is 1. The van der Waals surface area contributed by atoms with Crippen LogP contribution in [0.4, 0.5) is 8.78 Å². The second kappa shape index (κ2) is 5.87. The monoisotopic (exact) mass is 278 g/mol. The third-order valence-electron chi connectivity index (χ3n) is 2.07. The fraction of sp³-hybridized carbons (Fsp3) is 0.300. The summed E-state index contributed by atoms with van der Waals surface area (Å²) < 4.78 is 47.0. The lowest BCUT2D eigenvalue weighted by molar-refractivity contribution is -0.120. The van der Waals surface area contributed by atoms with Gasteiger partial charge in [-0.1, -0.05) is 6.07 Å². The second-order valence-electron chi connectivity index (χ2n) is 3.63. The number of amides is 1. The van der Waals surface area contributed by atoms with Gasteiger partial charge in [0.1, 0.15) is 11.6 Å². The number of nitrogens with one attached hydrogen (secondary N) is 1. The van der Waals surface area contributed by atoms with Gasteiger partial charge >= 0.3 is 0 Å². The Kier molecular flexibility index (Phi) is 4.74. The average molecular weight is 278 g/mol. The molecule has 8 heteroatoms. The molecule has 0 spiro atoms. The molecule has 0 saturated heterocycles. The first kappa shape index (κ1) is 14.5. The Morgan fingerprint density at radius 2 is 2.00 bits per heavy atom. The van der Waals surface area contributed by atoms with E-state index in [1.54, 1.807) is 0 Å². The summed E-state index contributed by atoms with van der Waals surface area (Å²) in [6.45, 7) is -0.152. The Bertz CT molecular complexity index is 546. The minimum Gasteiger partial charge on any atom is -0.355 e. The van der Waals surface area contributed by atoms with Gasteiger partial charge in [-0.15, -0.1) is 0 Å². The maximum Gasteiger partial charge on any atom is 0.224 e. The highest BCUT2D eigenvalue weighted by Gasteiger charge is 2.10. The Labute approximate surface area is 103 Å². The summed E-state index contributed by atoms with van der Waals surface area (Å²) >= 11 is 0. The van der Waals surface area contributed by atoms with Crippen molar-refractivity contribution in [2.75, 3.05) is 12.3 Å². The van der Waals surface area contributed by atoms with Gasteiger partial charge in [-0.05, 0) is 11.6 Å². The predicted molar refractivity (Wildman–Crippen MR) is 61.0 cm³/mol. The lowest BCUT2D eigenvalue weighted by Crippen LogP contribution is -2.32. The average Bonchev–Trinajstić information content (AvgIpc) is 2.20. The quantitative estimate of drug-likeness (QED) is 0.789. The molecule has 0 unspecified atom stereocenters. The van der Waals surface area contributed by atoms with Gasteiger partial charge in [-0.3, -0.25) is 4.79 Å². The summed E-state index contributed by atoms with van der Waals surface area (Å²) in [7, 11) is -3.64. The lowest BCUT2D eigenvalue weighted by atomic mass is 10.1. The number of rotatable bonds is 5. The molecule has 100 valence electrons. The van der Waals surface area contributed by atoms with Crippen molar-refractivity contribution >= 4 is 15.9 Å². The van der Waals surface area contributed by atoms with Gasteiger partial charge < -0.3 is 5.32 Å². The van der Waals surface area contributed by atoms with Crippen molar-refractivity contribution in [3.05, 3.63) is 35.4 Å². The molecular formula is C10H12F2N2O3S. The van der Waals surface area contributed by atoms with Gasteiger partial charge in [-0.25, -0.2) is 22.3 Å². The molecule has 0 aliphatic heterocycles.